The van der Waals surface area contributed by atoms with Crippen molar-refractivity contribution in [2.75, 3.05) is 33.3 Å². The quantitative estimate of drug-likeness (QED) is 0.349. The van der Waals surface area contributed by atoms with E-state index in [0.29, 0.717) is 18.7 Å². The Bertz CT molecular complexity index is 713. The highest BCUT2D eigenvalue weighted by molar-refractivity contribution is 5.99. The molecule has 0 radical (unpaired) electrons. The molecular weight excluding hydrogens is 346 g/mol. The number of aromatic hydroxyl groups is 2. The Morgan fingerprint density at radius 3 is 1.96 bits per heavy atom. The fraction of sp³-hybridized carbons (Fsp3) is 0.263. The number of phenolic OH excluding ortho intramolecular Hbond substituents is 2. The van der Waals surface area contributed by atoms with Crippen molar-refractivity contribution < 1.29 is 14.9 Å². The second kappa shape index (κ2) is 12.3. The van der Waals surface area contributed by atoms with Crippen molar-refractivity contribution in [2.24, 2.45) is 16.5 Å². The van der Waals surface area contributed by atoms with Crippen molar-refractivity contribution in [2.45, 2.75) is 0 Å². The first-order valence-corrected chi connectivity index (χ1v) is 8.41. The van der Waals surface area contributed by atoms with E-state index < -0.39 is 0 Å². The summed E-state index contributed by atoms with van der Waals surface area (Å²) in [5.74, 6) is 1.51. The summed E-state index contributed by atoms with van der Waals surface area (Å²) in [5.41, 5.74) is 11.5. The molecule has 8 N–H and O–H groups in total. The van der Waals surface area contributed by atoms with E-state index in [4.69, 9.17) is 27.1 Å². The number of nitrogens with two attached hydrogens (primary N) is 2. The minimum Gasteiger partial charge on any atom is -0.508 e. The monoisotopic (exact) mass is 373 g/mol. The molecule has 1 aliphatic heterocycles. The topological polar surface area (TPSA) is 150 Å². The van der Waals surface area contributed by atoms with Gasteiger partial charge in [-0.15, -0.1) is 0 Å². The summed E-state index contributed by atoms with van der Waals surface area (Å²) in [6, 6.07) is 13.3. The molecule has 2 aromatic rings. The second-order valence-electron chi connectivity index (χ2n) is 5.36. The highest BCUT2D eigenvalue weighted by Crippen LogP contribution is 2.11. The molecule has 0 aliphatic carbocycles. The van der Waals surface area contributed by atoms with Crippen LogP contribution in [0, 0.1) is 5.41 Å². The van der Waals surface area contributed by atoms with E-state index in [1.807, 2.05) is 12.1 Å². The fourth-order valence-corrected chi connectivity index (χ4v) is 1.94. The third kappa shape index (κ3) is 8.21. The molecule has 2 aromatic carbocycles. The van der Waals surface area contributed by atoms with Gasteiger partial charge in [0.25, 0.3) is 0 Å². The van der Waals surface area contributed by atoms with Crippen molar-refractivity contribution >= 4 is 11.7 Å². The van der Waals surface area contributed by atoms with Crippen molar-refractivity contribution in [3.8, 4) is 11.5 Å². The lowest BCUT2D eigenvalue weighted by Crippen LogP contribution is -2.19. The minimum absolute atomic E-state index is 0.102. The van der Waals surface area contributed by atoms with Gasteiger partial charge in [0.15, 0.2) is 0 Å². The smallest absolute Gasteiger partial charge is 0.212 e. The van der Waals surface area contributed by atoms with E-state index in [0.717, 1.165) is 24.5 Å². The van der Waals surface area contributed by atoms with Crippen LogP contribution in [0.1, 0.15) is 11.1 Å². The Balaban J connectivity index is 0.000000227. The van der Waals surface area contributed by atoms with Crippen molar-refractivity contribution in [3.63, 3.8) is 0 Å². The van der Waals surface area contributed by atoms with Crippen LogP contribution in [-0.2, 0) is 4.74 Å². The number of hydrogen-bond acceptors (Lipinski definition) is 8. The van der Waals surface area contributed by atoms with E-state index in [-0.39, 0.29) is 17.4 Å². The van der Waals surface area contributed by atoms with Gasteiger partial charge in [-0.2, -0.15) is 0 Å². The first-order chi connectivity index (χ1) is 13.0. The number of benzene rings is 2. The van der Waals surface area contributed by atoms with Gasteiger partial charge in [0.05, 0.1) is 13.7 Å². The molecule has 0 saturated carbocycles. The molecule has 8 heteroatoms. The predicted molar refractivity (Wildman–Crippen MR) is 108 cm³/mol. The van der Waals surface area contributed by atoms with Gasteiger partial charge in [-0.1, -0.05) is 0 Å². The number of hydrogen-bond donors (Lipinski definition) is 6. The van der Waals surface area contributed by atoms with Gasteiger partial charge in [0.1, 0.15) is 17.3 Å². The number of methoxy groups -OCH3 is 1. The zero-order chi connectivity index (χ0) is 20.1. The largest absolute Gasteiger partial charge is 0.508 e. The molecule has 1 aliphatic rings. The highest BCUT2D eigenvalue weighted by atomic mass is 16.5. The lowest BCUT2D eigenvalue weighted by atomic mass is 10.2. The first-order valence-electron chi connectivity index (χ1n) is 8.41. The van der Waals surface area contributed by atoms with Crippen molar-refractivity contribution in [1.29, 1.82) is 5.41 Å². The number of nitrogens with zero attached hydrogens (tertiary/aromatic N) is 1. The third-order valence-electron chi connectivity index (χ3n) is 3.32. The van der Waals surface area contributed by atoms with Crippen LogP contribution in [0.15, 0.2) is 53.5 Å². The summed E-state index contributed by atoms with van der Waals surface area (Å²) in [4.78, 5) is 4.26. The van der Waals surface area contributed by atoms with Gasteiger partial charge in [0, 0.05) is 30.8 Å². The Kier molecular flexibility index (Phi) is 9.98. The Morgan fingerprint density at radius 2 is 1.56 bits per heavy atom. The van der Waals surface area contributed by atoms with E-state index in [1.165, 1.54) is 19.2 Å². The lowest BCUT2D eigenvalue weighted by Gasteiger charge is -2.01. The van der Waals surface area contributed by atoms with Gasteiger partial charge in [-0.05, 0) is 48.5 Å². The molecule has 0 bridgehead atoms. The van der Waals surface area contributed by atoms with Crippen LogP contribution in [0.4, 0.5) is 0 Å². The fourth-order valence-electron chi connectivity index (χ4n) is 1.94. The van der Waals surface area contributed by atoms with Crippen molar-refractivity contribution in [3.05, 3.63) is 59.7 Å². The molecule has 0 amide bonds. The molecule has 0 unspecified atom stereocenters. The minimum atomic E-state index is 0.102. The van der Waals surface area contributed by atoms with Gasteiger partial charge in [0.2, 0.25) is 5.90 Å². The molecule has 0 saturated heterocycles. The van der Waals surface area contributed by atoms with Gasteiger partial charge >= 0.3 is 0 Å². The number of aliphatic imine (C=N–C) groups is 1. The maximum Gasteiger partial charge on any atom is 0.212 e. The molecule has 146 valence electrons. The van der Waals surface area contributed by atoms with Crippen LogP contribution in [0.25, 0.3) is 0 Å². The highest BCUT2D eigenvalue weighted by Gasteiger charge is 2.06. The standard InChI is InChI=1S/C9H10N2O.C8H9NO2.C2H8N2/c12-8-3-1-7(2-4-8)9-10-5-6-11-9;1-11-8(9)6-2-4-7(10)5-3-6;3-1-2-4/h1-4,12H,5-6H2,(H,10,11);2-5,9-10H,1H3;1-4H2. The average molecular weight is 373 g/mol. The zero-order valence-corrected chi connectivity index (χ0v) is 15.4. The van der Waals surface area contributed by atoms with E-state index in [9.17, 15) is 0 Å². The summed E-state index contributed by atoms with van der Waals surface area (Å²) < 4.78 is 4.68. The summed E-state index contributed by atoms with van der Waals surface area (Å²) in [7, 11) is 1.44. The number of amidine groups is 1. The summed E-state index contributed by atoms with van der Waals surface area (Å²) in [6.45, 7) is 2.95. The second-order valence-corrected chi connectivity index (χ2v) is 5.36. The van der Waals surface area contributed by atoms with Gasteiger partial charge in [-0.25, -0.2) is 0 Å². The molecular formula is C19H27N5O3. The van der Waals surface area contributed by atoms with Crippen LogP contribution < -0.4 is 16.8 Å². The Labute approximate surface area is 159 Å². The molecule has 0 fully saturated rings. The normalized spacial score (nSPS) is 11.7. The molecule has 3 rings (SSSR count). The van der Waals surface area contributed by atoms with Gasteiger partial charge < -0.3 is 31.7 Å². The van der Waals surface area contributed by atoms with Crippen LogP contribution in [0.3, 0.4) is 0 Å². The SMILES string of the molecule is COC(=N)c1ccc(O)cc1.NCCN.Oc1ccc(C2=NCCN2)cc1. The van der Waals surface area contributed by atoms with Crippen LogP contribution in [0.5, 0.6) is 11.5 Å². The third-order valence-corrected chi connectivity index (χ3v) is 3.32. The molecule has 1 heterocycles. The summed E-state index contributed by atoms with van der Waals surface area (Å²) >= 11 is 0. The number of ether oxygens (including phenoxy) is 1. The maximum atomic E-state index is 9.04. The van der Waals surface area contributed by atoms with E-state index >= 15 is 0 Å². The van der Waals surface area contributed by atoms with Gasteiger partial charge in [-0.3, -0.25) is 10.4 Å². The Morgan fingerprint density at radius 1 is 1.04 bits per heavy atom. The summed E-state index contributed by atoms with van der Waals surface area (Å²) in [5, 5.41) is 28.3. The average Bonchev–Trinajstić information content (AvgIpc) is 3.24. The number of nitrogens with one attached hydrogen (secondary N) is 2. The maximum absolute atomic E-state index is 9.04. The van der Waals surface area contributed by atoms with E-state index in [1.54, 1.807) is 24.3 Å². The van der Waals surface area contributed by atoms with Crippen LogP contribution >= 0.6 is 0 Å². The molecule has 0 spiro atoms. The van der Waals surface area contributed by atoms with Crippen molar-refractivity contribution in [1.82, 2.24) is 5.32 Å². The zero-order valence-electron chi connectivity index (χ0n) is 15.4. The van der Waals surface area contributed by atoms with Crippen LogP contribution in [-0.4, -0.2) is 55.2 Å². The van der Waals surface area contributed by atoms with E-state index in [2.05, 4.69) is 15.0 Å². The number of phenols is 2. The van der Waals surface area contributed by atoms with Crippen LogP contribution in [0.2, 0.25) is 0 Å². The predicted octanol–water partition coefficient (Wildman–Crippen LogP) is 1.01. The molecule has 0 atom stereocenters. The molecule has 8 nitrogen and oxygen atoms in total. The first kappa shape index (κ1) is 21.9. The molecule has 0 aromatic heterocycles. The number of rotatable bonds is 3. The molecule has 27 heavy (non-hydrogen) atoms. The lowest BCUT2D eigenvalue weighted by molar-refractivity contribution is 0.401. The summed E-state index contributed by atoms with van der Waals surface area (Å²) in [6.07, 6.45) is 0. The Hall–Kier alpha value is -3.10.